The molecule has 108 valence electrons. The highest BCUT2D eigenvalue weighted by Gasteiger charge is 2.12. The molecule has 1 heterocycles. The zero-order chi connectivity index (χ0) is 14.7. The van der Waals surface area contributed by atoms with Crippen molar-refractivity contribution in [3.8, 4) is 10.6 Å². The van der Waals surface area contributed by atoms with Gasteiger partial charge >= 0.3 is 0 Å². The zero-order valence-electron chi connectivity index (χ0n) is 11.8. The zero-order valence-corrected chi connectivity index (χ0v) is 14.2. The van der Waals surface area contributed by atoms with Gasteiger partial charge in [0.25, 0.3) is 0 Å². The molecule has 20 heavy (non-hydrogen) atoms. The number of benzene rings is 1. The van der Waals surface area contributed by atoms with E-state index in [9.17, 15) is 4.39 Å². The normalized spacial score (nSPS) is 11.3. The minimum absolute atomic E-state index is 0.240. The monoisotopic (exact) mass is 356 g/mol. The fraction of sp³-hybridized carbons (Fsp3) is 0.400. The minimum atomic E-state index is -0.240. The first-order chi connectivity index (χ1) is 9.47. The Labute approximate surface area is 131 Å². The third kappa shape index (κ3) is 3.87. The predicted octanol–water partition coefficient (Wildman–Crippen LogP) is 4.77. The van der Waals surface area contributed by atoms with Gasteiger partial charge in [-0.1, -0.05) is 29.8 Å². The summed E-state index contributed by atoms with van der Waals surface area (Å²) in [6.07, 6.45) is 0. The van der Waals surface area contributed by atoms with Gasteiger partial charge in [0.2, 0.25) is 0 Å². The van der Waals surface area contributed by atoms with E-state index in [1.807, 2.05) is 6.92 Å². The molecule has 0 atom stereocenters. The first-order valence-corrected chi connectivity index (χ1v) is 8.20. The van der Waals surface area contributed by atoms with Gasteiger partial charge in [0, 0.05) is 21.5 Å². The van der Waals surface area contributed by atoms with Crippen molar-refractivity contribution < 1.29 is 4.39 Å². The van der Waals surface area contributed by atoms with Gasteiger partial charge in [-0.2, -0.15) is 0 Å². The summed E-state index contributed by atoms with van der Waals surface area (Å²) in [5.41, 5.74) is 1.82. The van der Waals surface area contributed by atoms with Crippen LogP contribution in [0.2, 0.25) is 0 Å². The van der Waals surface area contributed by atoms with Crippen molar-refractivity contribution in [3.05, 3.63) is 39.1 Å². The SMILES string of the molecule is Cc1nc(-c2cc(F)ccc2Br)sc1CNCC(C)C. The maximum absolute atomic E-state index is 13.4. The molecular formula is C15H18BrFN2S. The smallest absolute Gasteiger partial charge is 0.125 e. The number of rotatable bonds is 5. The quantitative estimate of drug-likeness (QED) is 0.834. The lowest BCUT2D eigenvalue weighted by molar-refractivity contribution is 0.554. The van der Waals surface area contributed by atoms with Gasteiger partial charge < -0.3 is 5.32 Å². The lowest BCUT2D eigenvalue weighted by Gasteiger charge is -2.05. The molecule has 1 N–H and O–H groups in total. The molecule has 2 aromatic rings. The van der Waals surface area contributed by atoms with E-state index in [-0.39, 0.29) is 5.82 Å². The van der Waals surface area contributed by atoms with Crippen LogP contribution in [0.3, 0.4) is 0 Å². The van der Waals surface area contributed by atoms with Crippen molar-refractivity contribution in [3.63, 3.8) is 0 Å². The second kappa shape index (κ2) is 6.78. The summed E-state index contributed by atoms with van der Waals surface area (Å²) in [6.45, 7) is 8.16. The van der Waals surface area contributed by atoms with Gasteiger partial charge in [0.05, 0.1) is 5.69 Å². The molecule has 0 aliphatic heterocycles. The summed E-state index contributed by atoms with van der Waals surface area (Å²) in [6, 6.07) is 4.69. The largest absolute Gasteiger partial charge is 0.312 e. The summed E-state index contributed by atoms with van der Waals surface area (Å²) in [5, 5.41) is 4.27. The molecule has 1 aromatic heterocycles. The van der Waals surface area contributed by atoms with Crippen LogP contribution in [0.5, 0.6) is 0 Å². The maximum Gasteiger partial charge on any atom is 0.125 e. The van der Waals surface area contributed by atoms with Crippen LogP contribution in [-0.2, 0) is 6.54 Å². The number of nitrogens with zero attached hydrogens (tertiary/aromatic N) is 1. The molecule has 0 saturated heterocycles. The van der Waals surface area contributed by atoms with E-state index >= 15 is 0 Å². The topological polar surface area (TPSA) is 24.9 Å². The number of thiazole rings is 1. The maximum atomic E-state index is 13.4. The van der Waals surface area contributed by atoms with Gasteiger partial charge in [-0.05, 0) is 37.6 Å². The highest BCUT2D eigenvalue weighted by molar-refractivity contribution is 9.10. The van der Waals surface area contributed by atoms with E-state index < -0.39 is 0 Å². The fourth-order valence-corrected chi connectivity index (χ4v) is 3.47. The Morgan fingerprint density at radius 3 is 2.85 bits per heavy atom. The Morgan fingerprint density at radius 2 is 2.15 bits per heavy atom. The molecule has 0 bridgehead atoms. The van der Waals surface area contributed by atoms with Crippen molar-refractivity contribution in [2.24, 2.45) is 5.92 Å². The molecule has 0 spiro atoms. The second-order valence-electron chi connectivity index (χ2n) is 5.18. The third-order valence-corrected chi connectivity index (χ3v) is 4.77. The van der Waals surface area contributed by atoms with E-state index in [0.29, 0.717) is 5.92 Å². The first kappa shape index (κ1) is 15.6. The van der Waals surface area contributed by atoms with Gasteiger partial charge in [0.1, 0.15) is 10.8 Å². The molecule has 0 aliphatic rings. The van der Waals surface area contributed by atoms with Crippen LogP contribution in [-0.4, -0.2) is 11.5 Å². The Bertz CT molecular complexity index is 596. The van der Waals surface area contributed by atoms with Crippen molar-refractivity contribution in [1.82, 2.24) is 10.3 Å². The number of halogens is 2. The van der Waals surface area contributed by atoms with Gasteiger partial charge in [-0.15, -0.1) is 11.3 Å². The number of aromatic nitrogens is 1. The molecule has 0 saturated carbocycles. The number of hydrogen-bond acceptors (Lipinski definition) is 3. The van der Waals surface area contributed by atoms with E-state index in [4.69, 9.17) is 0 Å². The molecule has 2 rings (SSSR count). The number of hydrogen-bond donors (Lipinski definition) is 1. The lowest BCUT2D eigenvalue weighted by atomic mass is 10.2. The summed E-state index contributed by atoms with van der Waals surface area (Å²) in [4.78, 5) is 5.77. The summed E-state index contributed by atoms with van der Waals surface area (Å²) in [7, 11) is 0. The van der Waals surface area contributed by atoms with Crippen LogP contribution in [0, 0.1) is 18.7 Å². The summed E-state index contributed by atoms with van der Waals surface area (Å²) < 4.78 is 14.2. The Balaban J connectivity index is 2.20. The van der Waals surface area contributed by atoms with Crippen molar-refractivity contribution >= 4 is 27.3 Å². The number of aryl methyl sites for hydroxylation is 1. The van der Waals surface area contributed by atoms with Crippen molar-refractivity contribution in [1.29, 1.82) is 0 Å². The molecule has 0 radical (unpaired) electrons. The Hall–Kier alpha value is -0.780. The molecular weight excluding hydrogens is 339 g/mol. The van der Waals surface area contributed by atoms with E-state index in [1.165, 1.54) is 17.0 Å². The van der Waals surface area contributed by atoms with Gasteiger partial charge in [-0.25, -0.2) is 9.37 Å². The molecule has 5 heteroatoms. The van der Waals surface area contributed by atoms with Crippen LogP contribution < -0.4 is 5.32 Å². The standard InChI is InChI=1S/C15H18BrFN2S/c1-9(2)7-18-8-14-10(3)19-15(20-14)12-6-11(17)4-5-13(12)16/h4-6,9,18H,7-8H2,1-3H3. The lowest BCUT2D eigenvalue weighted by Crippen LogP contribution is -2.18. The molecule has 1 aromatic carbocycles. The second-order valence-corrected chi connectivity index (χ2v) is 7.11. The Kier molecular flexibility index (Phi) is 5.29. The van der Waals surface area contributed by atoms with Crippen LogP contribution in [0.25, 0.3) is 10.6 Å². The van der Waals surface area contributed by atoms with Gasteiger partial charge in [-0.3, -0.25) is 0 Å². The van der Waals surface area contributed by atoms with E-state index in [2.05, 4.69) is 40.1 Å². The van der Waals surface area contributed by atoms with Gasteiger partial charge in [0.15, 0.2) is 0 Å². The van der Waals surface area contributed by atoms with Crippen molar-refractivity contribution in [2.45, 2.75) is 27.3 Å². The predicted molar refractivity (Wildman–Crippen MR) is 86.5 cm³/mol. The average Bonchev–Trinajstić information content (AvgIpc) is 2.73. The fourth-order valence-electron chi connectivity index (χ4n) is 1.84. The first-order valence-electron chi connectivity index (χ1n) is 6.60. The highest BCUT2D eigenvalue weighted by Crippen LogP contribution is 2.33. The summed E-state index contributed by atoms with van der Waals surface area (Å²) >= 11 is 5.07. The molecule has 0 amide bonds. The Morgan fingerprint density at radius 1 is 1.40 bits per heavy atom. The van der Waals surface area contributed by atoms with Crippen molar-refractivity contribution in [2.75, 3.05) is 6.54 Å². The molecule has 0 unspecified atom stereocenters. The third-order valence-electron chi connectivity index (χ3n) is 2.89. The van der Waals surface area contributed by atoms with E-state index in [0.717, 1.165) is 33.8 Å². The molecule has 0 fully saturated rings. The van der Waals surface area contributed by atoms with E-state index in [1.54, 1.807) is 17.4 Å². The highest BCUT2D eigenvalue weighted by atomic mass is 79.9. The van der Waals surface area contributed by atoms with Crippen LogP contribution in [0.4, 0.5) is 4.39 Å². The van der Waals surface area contributed by atoms with Crippen LogP contribution >= 0.6 is 27.3 Å². The van der Waals surface area contributed by atoms with Crippen LogP contribution in [0.1, 0.15) is 24.4 Å². The summed E-state index contributed by atoms with van der Waals surface area (Å²) in [5.74, 6) is 0.385. The molecule has 2 nitrogen and oxygen atoms in total. The molecule has 0 aliphatic carbocycles. The number of nitrogens with one attached hydrogen (secondary N) is 1. The van der Waals surface area contributed by atoms with Crippen LogP contribution in [0.15, 0.2) is 22.7 Å². The minimum Gasteiger partial charge on any atom is -0.312 e. The average molecular weight is 357 g/mol.